The van der Waals surface area contributed by atoms with Crippen molar-refractivity contribution in [2.24, 2.45) is 0 Å². The summed E-state index contributed by atoms with van der Waals surface area (Å²) in [5, 5.41) is 3.69. The minimum absolute atomic E-state index is 0.351. The van der Waals surface area contributed by atoms with Crippen LogP contribution in [0.1, 0.15) is 57.8 Å². The second kappa shape index (κ2) is 6.33. The Balaban J connectivity index is 1.98. The lowest BCUT2D eigenvalue weighted by molar-refractivity contribution is 0.638. The first-order valence-electron chi connectivity index (χ1n) is 8.10. The molecule has 1 atom stereocenters. The van der Waals surface area contributed by atoms with E-state index < -0.39 is 0 Å². The highest BCUT2D eigenvalue weighted by Crippen LogP contribution is 2.35. The predicted octanol–water partition coefficient (Wildman–Crippen LogP) is 4.94. The summed E-state index contributed by atoms with van der Waals surface area (Å²) in [6.07, 6.45) is 5.28. The molecule has 1 N–H and O–H groups in total. The summed E-state index contributed by atoms with van der Waals surface area (Å²) in [5.74, 6) is 0. The average molecular weight is 299 g/mol. The van der Waals surface area contributed by atoms with Crippen LogP contribution in [-0.4, -0.2) is 6.54 Å². The summed E-state index contributed by atoms with van der Waals surface area (Å²) in [5.41, 5.74) is 5.73. The normalized spacial score (nSPS) is 15.8. The highest BCUT2D eigenvalue weighted by molar-refractivity contribution is 7.12. The molecule has 1 unspecified atom stereocenters. The first-order valence-corrected chi connectivity index (χ1v) is 8.92. The van der Waals surface area contributed by atoms with E-state index in [4.69, 9.17) is 0 Å². The maximum atomic E-state index is 3.69. The van der Waals surface area contributed by atoms with Crippen LogP contribution in [0, 0.1) is 13.8 Å². The Morgan fingerprint density at radius 2 is 1.76 bits per heavy atom. The summed E-state index contributed by atoms with van der Waals surface area (Å²) in [6, 6.07) is 9.73. The number of nitrogens with one attached hydrogen (secondary N) is 1. The molecule has 1 nitrogen and oxygen atoms in total. The van der Waals surface area contributed by atoms with E-state index in [0.717, 1.165) is 6.54 Å². The largest absolute Gasteiger partial charge is 0.306 e. The smallest absolute Gasteiger partial charge is 0.0671 e. The van der Waals surface area contributed by atoms with Crippen LogP contribution in [-0.2, 0) is 12.8 Å². The molecule has 0 spiro atoms. The third-order valence-corrected chi connectivity index (χ3v) is 5.59. The average Bonchev–Trinajstić information content (AvgIpc) is 2.87. The van der Waals surface area contributed by atoms with Crippen LogP contribution in [0.2, 0.25) is 0 Å². The lowest BCUT2D eigenvalue weighted by atomic mass is 9.96. The lowest BCUT2D eigenvalue weighted by Gasteiger charge is -2.18. The zero-order valence-corrected chi connectivity index (χ0v) is 14.1. The van der Waals surface area contributed by atoms with E-state index in [1.807, 2.05) is 11.3 Å². The Hall–Kier alpha value is -1.12. The van der Waals surface area contributed by atoms with Crippen LogP contribution in [0.4, 0.5) is 0 Å². The van der Waals surface area contributed by atoms with Gasteiger partial charge >= 0.3 is 0 Å². The Bertz CT molecular complexity index is 583. The van der Waals surface area contributed by atoms with E-state index in [2.05, 4.69) is 50.4 Å². The van der Waals surface area contributed by atoms with Crippen molar-refractivity contribution >= 4 is 11.3 Å². The molecule has 1 aromatic heterocycles. The first kappa shape index (κ1) is 14.8. The maximum Gasteiger partial charge on any atom is 0.0671 e. The molecule has 0 aliphatic heterocycles. The van der Waals surface area contributed by atoms with E-state index in [0.29, 0.717) is 6.04 Å². The van der Waals surface area contributed by atoms with Crippen LogP contribution in [0.25, 0.3) is 0 Å². The van der Waals surface area contributed by atoms with Crippen molar-refractivity contribution in [3.8, 4) is 0 Å². The van der Waals surface area contributed by atoms with Crippen LogP contribution in [0.5, 0.6) is 0 Å². The minimum atomic E-state index is 0.351. The lowest BCUT2D eigenvalue weighted by Crippen LogP contribution is -2.21. The number of rotatable bonds is 4. The van der Waals surface area contributed by atoms with Gasteiger partial charge in [-0.1, -0.05) is 36.2 Å². The summed E-state index contributed by atoms with van der Waals surface area (Å²) >= 11 is 2.03. The zero-order valence-electron chi connectivity index (χ0n) is 13.3. The van der Waals surface area contributed by atoms with E-state index in [1.54, 1.807) is 10.4 Å². The molecule has 21 heavy (non-hydrogen) atoms. The molecule has 2 heteroatoms. The molecule has 0 bridgehead atoms. The maximum absolute atomic E-state index is 3.69. The minimum Gasteiger partial charge on any atom is -0.306 e. The molecule has 1 heterocycles. The van der Waals surface area contributed by atoms with Gasteiger partial charge in [0.25, 0.3) is 0 Å². The van der Waals surface area contributed by atoms with Crippen molar-refractivity contribution in [2.75, 3.05) is 6.54 Å². The fourth-order valence-corrected chi connectivity index (χ4v) is 4.78. The van der Waals surface area contributed by atoms with E-state index in [1.165, 1.54) is 47.3 Å². The van der Waals surface area contributed by atoms with Crippen molar-refractivity contribution in [3.05, 3.63) is 56.3 Å². The molecule has 3 rings (SSSR count). The number of fused-ring (bicyclic) bond motifs is 1. The SMILES string of the molecule is CCNC(c1cc(C)cc(C)c1)c1cc2c(s1)CCCC2. The van der Waals surface area contributed by atoms with Gasteiger partial charge in [-0.15, -0.1) is 11.3 Å². The predicted molar refractivity (Wildman–Crippen MR) is 92.4 cm³/mol. The van der Waals surface area contributed by atoms with Gasteiger partial charge in [0.1, 0.15) is 0 Å². The molecule has 112 valence electrons. The van der Waals surface area contributed by atoms with Crippen LogP contribution >= 0.6 is 11.3 Å². The van der Waals surface area contributed by atoms with Crippen molar-refractivity contribution in [3.63, 3.8) is 0 Å². The molecule has 1 aliphatic rings. The molecule has 0 saturated carbocycles. The highest BCUT2D eigenvalue weighted by Gasteiger charge is 2.20. The highest BCUT2D eigenvalue weighted by atomic mass is 32.1. The molecular weight excluding hydrogens is 274 g/mol. The number of hydrogen-bond donors (Lipinski definition) is 1. The topological polar surface area (TPSA) is 12.0 Å². The van der Waals surface area contributed by atoms with Gasteiger partial charge in [0.15, 0.2) is 0 Å². The summed E-state index contributed by atoms with van der Waals surface area (Å²) in [6.45, 7) is 7.58. The number of aryl methyl sites for hydroxylation is 4. The fourth-order valence-electron chi connectivity index (χ4n) is 3.42. The monoisotopic (exact) mass is 299 g/mol. The Morgan fingerprint density at radius 1 is 1.05 bits per heavy atom. The summed E-state index contributed by atoms with van der Waals surface area (Å²) in [7, 11) is 0. The van der Waals surface area contributed by atoms with Gasteiger partial charge in [-0.25, -0.2) is 0 Å². The second-order valence-corrected chi connectivity index (χ2v) is 7.38. The summed E-state index contributed by atoms with van der Waals surface area (Å²) in [4.78, 5) is 3.12. The van der Waals surface area contributed by atoms with Gasteiger partial charge in [-0.05, 0) is 63.3 Å². The standard InChI is InChI=1S/C19H25NS/c1-4-20-19(16-10-13(2)9-14(3)11-16)18-12-15-7-5-6-8-17(15)21-18/h9-12,19-20H,4-8H2,1-3H3. The number of hydrogen-bond acceptors (Lipinski definition) is 2. The Kier molecular flexibility index (Phi) is 4.46. The Morgan fingerprint density at radius 3 is 2.43 bits per heavy atom. The van der Waals surface area contributed by atoms with Gasteiger partial charge in [0, 0.05) is 9.75 Å². The number of thiophene rings is 1. The zero-order chi connectivity index (χ0) is 14.8. The molecule has 2 aromatic rings. The third-order valence-electron chi connectivity index (χ3n) is 4.29. The van der Waals surface area contributed by atoms with Gasteiger partial charge in [0.05, 0.1) is 6.04 Å². The fraction of sp³-hybridized carbons (Fsp3) is 0.474. The Labute approximate surface area is 132 Å². The van der Waals surface area contributed by atoms with Crippen molar-refractivity contribution in [1.82, 2.24) is 5.32 Å². The van der Waals surface area contributed by atoms with E-state index in [9.17, 15) is 0 Å². The van der Waals surface area contributed by atoms with Crippen molar-refractivity contribution < 1.29 is 0 Å². The van der Waals surface area contributed by atoms with Crippen LogP contribution < -0.4 is 5.32 Å². The quantitative estimate of drug-likeness (QED) is 0.843. The molecule has 0 fully saturated rings. The molecule has 0 saturated heterocycles. The van der Waals surface area contributed by atoms with Gasteiger partial charge in [-0.2, -0.15) is 0 Å². The van der Waals surface area contributed by atoms with Gasteiger partial charge < -0.3 is 5.32 Å². The van der Waals surface area contributed by atoms with Crippen molar-refractivity contribution in [2.45, 2.75) is 52.5 Å². The summed E-state index contributed by atoms with van der Waals surface area (Å²) < 4.78 is 0. The molecular formula is C19H25NS. The van der Waals surface area contributed by atoms with Crippen LogP contribution in [0.15, 0.2) is 24.3 Å². The molecule has 1 aromatic carbocycles. The third kappa shape index (κ3) is 3.22. The molecule has 1 aliphatic carbocycles. The number of benzene rings is 1. The molecule has 0 radical (unpaired) electrons. The van der Waals surface area contributed by atoms with E-state index in [-0.39, 0.29) is 0 Å². The molecule has 0 amide bonds. The van der Waals surface area contributed by atoms with Crippen molar-refractivity contribution in [1.29, 1.82) is 0 Å². The van der Waals surface area contributed by atoms with Crippen LogP contribution in [0.3, 0.4) is 0 Å². The first-order chi connectivity index (χ1) is 10.2. The second-order valence-electron chi connectivity index (χ2n) is 6.22. The van der Waals surface area contributed by atoms with Gasteiger partial charge in [-0.3, -0.25) is 0 Å². The van der Waals surface area contributed by atoms with E-state index >= 15 is 0 Å². The van der Waals surface area contributed by atoms with Gasteiger partial charge in [0.2, 0.25) is 0 Å².